The first-order valence-corrected chi connectivity index (χ1v) is 10.9. The highest BCUT2D eigenvalue weighted by molar-refractivity contribution is 5.37. The van der Waals surface area contributed by atoms with Gasteiger partial charge in [0.2, 0.25) is 0 Å². The molecular formula is C25H32N2O3. The summed E-state index contributed by atoms with van der Waals surface area (Å²) >= 11 is 0. The molecule has 0 aromatic heterocycles. The van der Waals surface area contributed by atoms with Gasteiger partial charge in [-0.05, 0) is 85.9 Å². The Morgan fingerprint density at radius 2 is 1.93 bits per heavy atom. The highest BCUT2D eigenvalue weighted by atomic mass is 16.5. The molecule has 2 aliphatic rings. The Morgan fingerprint density at radius 1 is 1.10 bits per heavy atom. The summed E-state index contributed by atoms with van der Waals surface area (Å²) in [5, 5.41) is 9.55. The highest BCUT2D eigenvalue weighted by Crippen LogP contribution is 2.40. The fourth-order valence-electron chi connectivity index (χ4n) is 4.82. The molecule has 160 valence electrons. The summed E-state index contributed by atoms with van der Waals surface area (Å²) < 4.78 is 11.5. The third-order valence-corrected chi connectivity index (χ3v) is 6.60. The maximum atomic E-state index is 9.55. The van der Waals surface area contributed by atoms with E-state index in [1.807, 2.05) is 24.3 Å². The molecular weight excluding hydrogens is 376 g/mol. The van der Waals surface area contributed by atoms with Crippen LogP contribution in [0.5, 0.6) is 11.5 Å². The first-order chi connectivity index (χ1) is 14.6. The Morgan fingerprint density at radius 3 is 2.70 bits per heavy atom. The highest BCUT2D eigenvalue weighted by Gasteiger charge is 2.36. The van der Waals surface area contributed by atoms with Crippen molar-refractivity contribution < 1.29 is 14.6 Å². The van der Waals surface area contributed by atoms with Crippen LogP contribution in [0.4, 0.5) is 0 Å². The number of nitrogens with zero attached hydrogens (tertiary/aromatic N) is 1. The lowest BCUT2D eigenvalue weighted by Crippen LogP contribution is -2.40. The van der Waals surface area contributed by atoms with Crippen LogP contribution in [0.1, 0.15) is 48.3 Å². The van der Waals surface area contributed by atoms with Crippen molar-refractivity contribution >= 4 is 6.72 Å². The summed E-state index contributed by atoms with van der Waals surface area (Å²) in [5.41, 5.74) is 10.2. The van der Waals surface area contributed by atoms with Crippen LogP contribution in [-0.4, -0.2) is 37.3 Å². The maximum Gasteiger partial charge on any atom is 0.178 e. The molecule has 0 saturated heterocycles. The number of aliphatic hydroxyl groups excluding tert-OH is 1. The van der Waals surface area contributed by atoms with Gasteiger partial charge in [-0.2, -0.15) is 0 Å². The van der Waals surface area contributed by atoms with Crippen molar-refractivity contribution in [3.8, 4) is 11.5 Å². The maximum absolute atomic E-state index is 9.55. The Balaban J connectivity index is 1.34. The average Bonchev–Trinajstić information content (AvgIpc) is 3.19. The van der Waals surface area contributed by atoms with Gasteiger partial charge in [0.05, 0.1) is 13.2 Å². The molecule has 2 aromatic rings. The topological polar surface area (TPSA) is 77.1 Å². The Labute approximate surface area is 178 Å². The molecule has 5 heteroatoms. The largest absolute Gasteiger partial charge is 0.493 e. The summed E-state index contributed by atoms with van der Waals surface area (Å²) in [6.45, 7) is 4.47. The van der Waals surface area contributed by atoms with Crippen LogP contribution in [0.3, 0.4) is 0 Å². The van der Waals surface area contributed by atoms with Crippen LogP contribution in [0.15, 0.2) is 47.5 Å². The smallest absolute Gasteiger partial charge is 0.178 e. The van der Waals surface area contributed by atoms with E-state index in [2.05, 4.69) is 29.9 Å². The minimum Gasteiger partial charge on any atom is -0.493 e. The van der Waals surface area contributed by atoms with Crippen LogP contribution in [0.25, 0.3) is 0 Å². The second-order valence-electron chi connectivity index (χ2n) is 8.88. The molecule has 0 unspecified atom stereocenters. The molecule has 0 amide bonds. The van der Waals surface area contributed by atoms with Gasteiger partial charge in [0.25, 0.3) is 0 Å². The van der Waals surface area contributed by atoms with Crippen molar-refractivity contribution in [1.82, 2.24) is 0 Å². The van der Waals surface area contributed by atoms with Crippen molar-refractivity contribution in [1.29, 1.82) is 0 Å². The van der Waals surface area contributed by atoms with E-state index in [1.54, 1.807) is 0 Å². The van der Waals surface area contributed by atoms with Gasteiger partial charge in [0.15, 0.2) is 6.73 Å². The molecule has 4 rings (SSSR count). The molecule has 3 atom stereocenters. The monoisotopic (exact) mass is 408 g/mol. The number of rotatable bonds is 8. The first-order valence-electron chi connectivity index (χ1n) is 10.9. The lowest BCUT2D eigenvalue weighted by atomic mass is 9.82. The summed E-state index contributed by atoms with van der Waals surface area (Å²) in [7, 11) is 0. The van der Waals surface area contributed by atoms with Crippen molar-refractivity contribution in [2.45, 2.75) is 50.0 Å². The van der Waals surface area contributed by atoms with E-state index in [1.165, 1.54) is 16.7 Å². The standard InChI is InChI=1S/C25H32N2O3/c1-27-17-30-24-4-2-3-23(13-24)29-15-18-5-6-20-12-21(8-7-19(20)11-18)22-9-10-25(26,14-22)16-28/h2-4,7-8,12-13,18,22,28H,1,5-6,9-11,14-17,26H2/t18-,22+,25-/m1/s1. The molecule has 30 heavy (non-hydrogen) atoms. The summed E-state index contributed by atoms with van der Waals surface area (Å²) in [4.78, 5) is 3.71. The number of benzene rings is 2. The van der Waals surface area contributed by atoms with Gasteiger partial charge in [0.1, 0.15) is 11.5 Å². The zero-order valence-corrected chi connectivity index (χ0v) is 17.6. The van der Waals surface area contributed by atoms with Crippen LogP contribution < -0.4 is 15.2 Å². The predicted molar refractivity (Wildman–Crippen MR) is 120 cm³/mol. The molecule has 0 aliphatic heterocycles. The Bertz CT molecular complexity index is 884. The van der Waals surface area contributed by atoms with Gasteiger partial charge < -0.3 is 20.3 Å². The molecule has 0 spiro atoms. The number of fused-ring (bicyclic) bond motifs is 1. The van der Waals surface area contributed by atoms with Crippen molar-refractivity contribution in [2.24, 2.45) is 16.6 Å². The zero-order chi connectivity index (χ0) is 21.0. The number of ether oxygens (including phenoxy) is 2. The number of aliphatic imine (C=N–C) groups is 1. The van der Waals surface area contributed by atoms with E-state index in [9.17, 15) is 5.11 Å². The summed E-state index contributed by atoms with van der Waals surface area (Å²) in [6.07, 6.45) is 6.12. The number of aliphatic hydroxyl groups is 1. The fraction of sp³-hybridized carbons (Fsp3) is 0.480. The van der Waals surface area contributed by atoms with Crippen molar-refractivity contribution in [2.75, 3.05) is 19.9 Å². The second-order valence-corrected chi connectivity index (χ2v) is 8.88. The number of hydrogen-bond acceptors (Lipinski definition) is 5. The Kier molecular flexibility index (Phi) is 6.40. The van der Waals surface area contributed by atoms with Gasteiger partial charge in [0, 0.05) is 11.6 Å². The molecule has 0 heterocycles. The van der Waals surface area contributed by atoms with Crippen LogP contribution in [-0.2, 0) is 12.8 Å². The quantitative estimate of drug-likeness (QED) is 0.650. The molecule has 2 aromatic carbocycles. The lowest BCUT2D eigenvalue weighted by Gasteiger charge is -2.26. The van der Waals surface area contributed by atoms with Gasteiger partial charge in [-0.3, -0.25) is 4.99 Å². The molecule has 0 bridgehead atoms. The minimum atomic E-state index is -0.395. The van der Waals surface area contributed by atoms with Crippen LogP contribution in [0, 0.1) is 5.92 Å². The molecule has 0 radical (unpaired) electrons. The predicted octanol–water partition coefficient (Wildman–Crippen LogP) is 3.86. The number of nitrogens with two attached hydrogens (primary N) is 1. The Hall–Kier alpha value is -2.37. The average molecular weight is 409 g/mol. The zero-order valence-electron chi connectivity index (χ0n) is 17.6. The second kappa shape index (κ2) is 9.19. The van der Waals surface area contributed by atoms with E-state index in [4.69, 9.17) is 15.2 Å². The number of hydrogen-bond donors (Lipinski definition) is 2. The molecule has 2 aliphatic carbocycles. The molecule has 5 nitrogen and oxygen atoms in total. The third-order valence-electron chi connectivity index (χ3n) is 6.60. The summed E-state index contributed by atoms with van der Waals surface area (Å²) in [6, 6.07) is 14.6. The van der Waals surface area contributed by atoms with E-state index >= 15 is 0 Å². The molecule has 1 fully saturated rings. The van der Waals surface area contributed by atoms with Crippen LogP contribution in [0.2, 0.25) is 0 Å². The lowest BCUT2D eigenvalue weighted by molar-refractivity contribution is 0.198. The van der Waals surface area contributed by atoms with Gasteiger partial charge >= 0.3 is 0 Å². The van der Waals surface area contributed by atoms with Crippen molar-refractivity contribution in [3.63, 3.8) is 0 Å². The normalized spacial score (nSPS) is 25.5. The fourth-order valence-corrected chi connectivity index (χ4v) is 4.82. The van der Waals surface area contributed by atoms with E-state index < -0.39 is 5.54 Å². The van der Waals surface area contributed by atoms with Crippen LogP contribution >= 0.6 is 0 Å². The van der Waals surface area contributed by atoms with E-state index in [-0.39, 0.29) is 13.3 Å². The minimum absolute atomic E-state index is 0.0797. The van der Waals surface area contributed by atoms with E-state index in [0.717, 1.165) is 50.0 Å². The van der Waals surface area contributed by atoms with Gasteiger partial charge in [-0.1, -0.05) is 24.3 Å². The van der Waals surface area contributed by atoms with Gasteiger partial charge in [-0.25, -0.2) is 0 Å². The van der Waals surface area contributed by atoms with Crippen molar-refractivity contribution in [3.05, 3.63) is 59.2 Å². The summed E-state index contributed by atoms with van der Waals surface area (Å²) in [5.74, 6) is 2.56. The number of aryl methyl sites for hydroxylation is 1. The molecule has 3 N–H and O–H groups in total. The van der Waals surface area contributed by atoms with E-state index in [0.29, 0.717) is 18.4 Å². The third kappa shape index (κ3) is 4.85. The van der Waals surface area contributed by atoms with Gasteiger partial charge in [-0.15, -0.1) is 0 Å². The first kappa shape index (κ1) is 20.9. The molecule has 1 saturated carbocycles. The SMILES string of the molecule is C=NCOc1cccc(OC[C@@H]2CCc3cc([C@H]4CC[C@](N)(CO)C4)ccc3C2)c1.